The van der Waals surface area contributed by atoms with Crippen molar-refractivity contribution in [3.63, 3.8) is 0 Å². The van der Waals surface area contributed by atoms with Gasteiger partial charge in [-0.1, -0.05) is 0 Å². The van der Waals surface area contributed by atoms with Crippen LogP contribution in [0.4, 0.5) is 0 Å². The summed E-state index contributed by atoms with van der Waals surface area (Å²) in [5, 5.41) is 4.01. The standard InChI is InChI=1S/C9H11N3OS/c1-7-8(3-4-13-7)14-5-9-10-6-11-12(9)2/h3-4,6H,5H2,1-2H3. The summed E-state index contributed by atoms with van der Waals surface area (Å²) >= 11 is 1.71. The van der Waals surface area contributed by atoms with E-state index in [9.17, 15) is 0 Å². The zero-order valence-electron chi connectivity index (χ0n) is 8.10. The molecular weight excluding hydrogens is 198 g/mol. The van der Waals surface area contributed by atoms with Crippen LogP contribution in [0.5, 0.6) is 0 Å². The smallest absolute Gasteiger partial charge is 0.138 e. The first kappa shape index (κ1) is 9.33. The summed E-state index contributed by atoms with van der Waals surface area (Å²) in [6, 6.07) is 1.97. The zero-order chi connectivity index (χ0) is 9.97. The Balaban J connectivity index is 2.02. The van der Waals surface area contributed by atoms with Crippen molar-refractivity contribution in [1.29, 1.82) is 0 Å². The molecule has 2 heterocycles. The van der Waals surface area contributed by atoms with Crippen molar-refractivity contribution in [2.45, 2.75) is 17.6 Å². The number of furan rings is 1. The first-order valence-corrected chi connectivity index (χ1v) is 5.25. The minimum absolute atomic E-state index is 0.816. The number of rotatable bonds is 3. The molecule has 0 aliphatic rings. The van der Waals surface area contributed by atoms with Gasteiger partial charge in [0.2, 0.25) is 0 Å². The minimum Gasteiger partial charge on any atom is -0.468 e. The molecule has 0 saturated heterocycles. The van der Waals surface area contributed by atoms with Crippen LogP contribution in [0.1, 0.15) is 11.6 Å². The van der Waals surface area contributed by atoms with Crippen LogP contribution >= 0.6 is 11.8 Å². The lowest BCUT2D eigenvalue weighted by molar-refractivity contribution is 0.527. The fraction of sp³-hybridized carbons (Fsp3) is 0.333. The molecule has 0 spiro atoms. The number of thioether (sulfide) groups is 1. The lowest BCUT2D eigenvalue weighted by Crippen LogP contribution is -1.97. The average molecular weight is 209 g/mol. The first-order chi connectivity index (χ1) is 6.77. The molecule has 14 heavy (non-hydrogen) atoms. The van der Waals surface area contributed by atoms with E-state index in [0.29, 0.717) is 0 Å². The average Bonchev–Trinajstić information content (AvgIpc) is 2.72. The van der Waals surface area contributed by atoms with E-state index in [1.807, 2.05) is 20.0 Å². The summed E-state index contributed by atoms with van der Waals surface area (Å²) in [5.74, 6) is 2.74. The molecule has 0 atom stereocenters. The van der Waals surface area contributed by atoms with Crippen molar-refractivity contribution in [2.75, 3.05) is 0 Å². The van der Waals surface area contributed by atoms with Crippen LogP contribution in [0.2, 0.25) is 0 Å². The molecule has 0 aliphatic heterocycles. The van der Waals surface area contributed by atoms with E-state index in [1.165, 1.54) is 0 Å². The minimum atomic E-state index is 0.816. The number of hydrogen-bond acceptors (Lipinski definition) is 4. The number of aryl methyl sites for hydroxylation is 2. The Bertz CT molecular complexity index is 381. The number of aromatic nitrogens is 3. The molecule has 0 aromatic carbocycles. The fourth-order valence-corrected chi connectivity index (χ4v) is 2.07. The van der Waals surface area contributed by atoms with Crippen molar-refractivity contribution < 1.29 is 4.42 Å². The number of nitrogens with zero attached hydrogens (tertiary/aromatic N) is 3. The van der Waals surface area contributed by atoms with Gasteiger partial charge in [0, 0.05) is 11.9 Å². The first-order valence-electron chi connectivity index (χ1n) is 4.27. The van der Waals surface area contributed by atoms with Gasteiger partial charge in [0.15, 0.2) is 0 Å². The third-order valence-electron chi connectivity index (χ3n) is 1.97. The molecule has 0 radical (unpaired) electrons. The van der Waals surface area contributed by atoms with E-state index in [-0.39, 0.29) is 0 Å². The summed E-state index contributed by atoms with van der Waals surface area (Å²) in [6.45, 7) is 1.96. The number of hydrogen-bond donors (Lipinski definition) is 0. The van der Waals surface area contributed by atoms with Crippen molar-refractivity contribution in [3.05, 3.63) is 30.2 Å². The molecule has 0 N–H and O–H groups in total. The van der Waals surface area contributed by atoms with Gasteiger partial charge in [0.1, 0.15) is 17.9 Å². The maximum atomic E-state index is 5.20. The van der Waals surface area contributed by atoms with E-state index in [4.69, 9.17) is 4.42 Å². The van der Waals surface area contributed by atoms with Crippen molar-refractivity contribution in [2.24, 2.45) is 7.05 Å². The van der Waals surface area contributed by atoms with E-state index < -0.39 is 0 Å². The van der Waals surface area contributed by atoms with E-state index >= 15 is 0 Å². The lowest BCUT2D eigenvalue weighted by Gasteiger charge is -1.98. The summed E-state index contributed by atoms with van der Waals surface area (Å²) in [4.78, 5) is 5.31. The molecule has 5 heteroatoms. The normalized spacial score (nSPS) is 10.7. The topological polar surface area (TPSA) is 43.9 Å². The van der Waals surface area contributed by atoms with Crippen molar-refractivity contribution >= 4 is 11.8 Å². The summed E-state index contributed by atoms with van der Waals surface area (Å²) in [5.41, 5.74) is 0. The highest BCUT2D eigenvalue weighted by atomic mass is 32.2. The van der Waals surface area contributed by atoms with Crippen LogP contribution in [0.25, 0.3) is 0 Å². The molecule has 0 amide bonds. The molecule has 0 unspecified atom stereocenters. The molecular formula is C9H11N3OS. The van der Waals surface area contributed by atoms with Gasteiger partial charge in [0.25, 0.3) is 0 Å². The van der Waals surface area contributed by atoms with Crippen LogP contribution in [0, 0.1) is 6.92 Å². The van der Waals surface area contributed by atoms with Gasteiger partial charge in [-0.25, -0.2) is 4.98 Å². The molecule has 74 valence electrons. The Hall–Kier alpha value is -1.23. The van der Waals surface area contributed by atoms with Crippen LogP contribution in [-0.2, 0) is 12.8 Å². The van der Waals surface area contributed by atoms with Gasteiger partial charge in [-0.3, -0.25) is 4.68 Å². The Kier molecular flexibility index (Phi) is 2.58. The Morgan fingerprint density at radius 3 is 3.00 bits per heavy atom. The Labute approximate surface area is 86.3 Å². The van der Waals surface area contributed by atoms with E-state index in [1.54, 1.807) is 29.0 Å². The van der Waals surface area contributed by atoms with Gasteiger partial charge in [0.05, 0.1) is 12.0 Å². The molecule has 0 bridgehead atoms. The predicted octanol–water partition coefficient (Wildman–Crippen LogP) is 2.01. The van der Waals surface area contributed by atoms with Gasteiger partial charge in [-0.2, -0.15) is 5.10 Å². The van der Waals surface area contributed by atoms with E-state index in [0.717, 1.165) is 22.2 Å². The largest absolute Gasteiger partial charge is 0.468 e. The second kappa shape index (κ2) is 3.88. The molecule has 0 saturated carbocycles. The maximum Gasteiger partial charge on any atom is 0.138 e. The summed E-state index contributed by atoms with van der Waals surface area (Å²) < 4.78 is 6.98. The summed E-state index contributed by atoms with van der Waals surface area (Å²) in [6.07, 6.45) is 3.27. The van der Waals surface area contributed by atoms with Crippen molar-refractivity contribution in [1.82, 2.24) is 14.8 Å². The molecule has 2 aromatic heterocycles. The predicted molar refractivity (Wildman–Crippen MR) is 54.0 cm³/mol. The third kappa shape index (κ3) is 1.82. The molecule has 0 aliphatic carbocycles. The zero-order valence-corrected chi connectivity index (χ0v) is 8.91. The Morgan fingerprint density at radius 2 is 2.43 bits per heavy atom. The van der Waals surface area contributed by atoms with Gasteiger partial charge in [-0.05, 0) is 13.0 Å². The lowest BCUT2D eigenvalue weighted by atomic mass is 10.5. The monoisotopic (exact) mass is 209 g/mol. The highest BCUT2D eigenvalue weighted by Crippen LogP contribution is 2.25. The van der Waals surface area contributed by atoms with E-state index in [2.05, 4.69) is 10.1 Å². The highest BCUT2D eigenvalue weighted by molar-refractivity contribution is 7.98. The highest BCUT2D eigenvalue weighted by Gasteiger charge is 2.05. The second-order valence-corrected chi connectivity index (χ2v) is 3.95. The molecule has 2 rings (SSSR count). The Morgan fingerprint density at radius 1 is 1.57 bits per heavy atom. The van der Waals surface area contributed by atoms with Crippen LogP contribution in [0.3, 0.4) is 0 Å². The summed E-state index contributed by atoms with van der Waals surface area (Å²) in [7, 11) is 1.89. The van der Waals surface area contributed by atoms with Gasteiger partial charge >= 0.3 is 0 Å². The van der Waals surface area contributed by atoms with Gasteiger partial charge in [-0.15, -0.1) is 11.8 Å². The van der Waals surface area contributed by atoms with Crippen LogP contribution < -0.4 is 0 Å². The fourth-order valence-electron chi connectivity index (χ4n) is 1.12. The molecule has 4 nitrogen and oxygen atoms in total. The molecule has 0 fully saturated rings. The molecule has 2 aromatic rings. The van der Waals surface area contributed by atoms with Crippen LogP contribution in [0.15, 0.2) is 28.0 Å². The van der Waals surface area contributed by atoms with Crippen LogP contribution in [-0.4, -0.2) is 14.8 Å². The SMILES string of the molecule is Cc1occc1SCc1ncnn1C. The van der Waals surface area contributed by atoms with Crippen molar-refractivity contribution in [3.8, 4) is 0 Å². The van der Waals surface area contributed by atoms with Gasteiger partial charge < -0.3 is 4.42 Å². The quantitative estimate of drug-likeness (QED) is 0.725. The second-order valence-electron chi connectivity index (χ2n) is 2.93. The third-order valence-corrected chi connectivity index (χ3v) is 3.11. The maximum absolute atomic E-state index is 5.20.